The number of sulfone groups is 1. The molecule has 1 aliphatic rings. The second kappa shape index (κ2) is 6.58. The van der Waals surface area contributed by atoms with Crippen molar-refractivity contribution in [3.63, 3.8) is 0 Å². The first-order chi connectivity index (χ1) is 10.6. The Labute approximate surface area is 136 Å². The number of benzene rings is 1. The normalized spacial score (nSPS) is 17.8. The zero-order chi connectivity index (χ0) is 17.3. The van der Waals surface area contributed by atoms with Crippen LogP contribution in [0.2, 0.25) is 0 Å². The van der Waals surface area contributed by atoms with Crippen LogP contribution in [0.25, 0.3) is 0 Å². The molecular weight excluding hydrogens is 340 g/mol. The summed E-state index contributed by atoms with van der Waals surface area (Å²) < 4.78 is 47.8. The molecule has 1 heterocycles. The van der Waals surface area contributed by atoms with Gasteiger partial charge in [0.25, 0.3) is 0 Å². The SMILES string of the molecule is CS(=O)(=O)c1ccccc1NC(=O)C1CCN(S(C)(=O)=O)CC1. The van der Waals surface area contributed by atoms with E-state index in [-0.39, 0.29) is 22.4 Å². The van der Waals surface area contributed by atoms with Crippen LogP contribution in [-0.4, -0.2) is 52.6 Å². The van der Waals surface area contributed by atoms with E-state index < -0.39 is 19.9 Å². The maximum absolute atomic E-state index is 12.3. The van der Waals surface area contributed by atoms with Crippen molar-refractivity contribution in [1.82, 2.24) is 4.31 Å². The maximum atomic E-state index is 12.3. The smallest absolute Gasteiger partial charge is 0.227 e. The molecule has 0 atom stereocenters. The molecule has 128 valence electrons. The number of hydrogen-bond acceptors (Lipinski definition) is 5. The van der Waals surface area contributed by atoms with Crippen molar-refractivity contribution in [2.24, 2.45) is 5.92 Å². The van der Waals surface area contributed by atoms with Crippen LogP contribution in [0.4, 0.5) is 5.69 Å². The van der Waals surface area contributed by atoms with Crippen LogP contribution in [0.5, 0.6) is 0 Å². The minimum atomic E-state index is -3.44. The Kier molecular flexibility index (Phi) is 5.12. The van der Waals surface area contributed by atoms with Crippen molar-refractivity contribution in [2.75, 3.05) is 30.9 Å². The summed E-state index contributed by atoms with van der Waals surface area (Å²) in [5, 5.41) is 2.65. The number of piperidine rings is 1. The van der Waals surface area contributed by atoms with Crippen molar-refractivity contribution in [2.45, 2.75) is 17.7 Å². The summed E-state index contributed by atoms with van der Waals surface area (Å²) >= 11 is 0. The number of carbonyl (C=O) groups excluding carboxylic acids is 1. The first kappa shape index (κ1) is 17.9. The Morgan fingerprint density at radius 3 is 2.17 bits per heavy atom. The fourth-order valence-corrected chi connectivity index (χ4v) is 4.30. The molecule has 9 heteroatoms. The number of nitrogens with zero attached hydrogens (tertiary/aromatic N) is 1. The van der Waals surface area contributed by atoms with Crippen LogP contribution in [0.3, 0.4) is 0 Å². The monoisotopic (exact) mass is 360 g/mol. The molecule has 0 aromatic heterocycles. The van der Waals surface area contributed by atoms with Gasteiger partial charge in [-0.15, -0.1) is 0 Å². The van der Waals surface area contributed by atoms with Crippen molar-refractivity contribution in [3.05, 3.63) is 24.3 Å². The van der Waals surface area contributed by atoms with Crippen molar-refractivity contribution in [3.8, 4) is 0 Å². The molecule has 1 aromatic carbocycles. The Morgan fingerprint density at radius 2 is 1.65 bits per heavy atom. The van der Waals surface area contributed by atoms with E-state index in [1.165, 1.54) is 10.4 Å². The van der Waals surface area contributed by atoms with Gasteiger partial charge in [0.1, 0.15) is 0 Å². The summed E-state index contributed by atoms with van der Waals surface area (Å²) in [6.45, 7) is 0.593. The zero-order valence-electron chi connectivity index (χ0n) is 13.0. The second-order valence-corrected chi connectivity index (χ2v) is 9.66. The molecule has 23 heavy (non-hydrogen) atoms. The van der Waals surface area contributed by atoms with E-state index in [0.29, 0.717) is 25.9 Å². The predicted octanol–water partition coefficient (Wildman–Crippen LogP) is 0.700. The Balaban J connectivity index is 2.08. The number of para-hydroxylation sites is 1. The number of carbonyl (C=O) groups is 1. The van der Waals surface area contributed by atoms with E-state index in [0.717, 1.165) is 12.5 Å². The highest BCUT2D eigenvalue weighted by atomic mass is 32.2. The number of sulfonamides is 1. The zero-order valence-corrected chi connectivity index (χ0v) is 14.7. The predicted molar refractivity (Wildman–Crippen MR) is 87.3 cm³/mol. The highest BCUT2D eigenvalue weighted by Gasteiger charge is 2.29. The van der Waals surface area contributed by atoms with Crippen LogP contribution in [0.15, 0.2) is 29.2 Å². The summed E-state index contributed by atoms with van der Waals surface area (Å²) in [7, 11) is -6.68. The molecule has 1 aromatic rings. The number of anilines is 1. The topological polar surface area (TPSA) is 101 Å². The lowest BCUT2D eigenvalue weighted by molar-refractivity contribution is -0.120. The average Bonchev–Trinajstić information content (AvgIpc) is 2.46. The van der Waals surface area contributed by atoms with Gasteiger partial charge in [0, 0.05) is 25.3 Å². The molecule has 1 fully saturated rings. The first-order valence-corrected chi connectivity index (χ1v) is 10.9. The van der Waals surface area contributed by atoms with Crippen LogP contribution in [0, 0.1) is 5.92 Å². The molecule has 2 rings (SSSR count). The highest BCUT2D eigenvalue weighted by molar-refractivity contribution is 7.90. The van der Waals surface area contributed by atoms with Gasteiger partial charge in [-0.2, -0.15) is 0 Å². The minimum absolute atomic E-state index is 0.0712. The molecular formula is C14H20N2O5S2. The summed E-state index contributed by atoms with van der Waals surface area (Å²) in [5.41, 5.74) is 0.255. The van der Waals surface area contributed by atoms with Gasteiger partial charge < -0.3 is 5.32 Å². The molecule has 1 amide bonds. The van der Waals surface area contributed by atoms with Crippen molar-refractivity contribution >= 4 is 31.5 Å². The lowest BCUT2D eigenvalue weighted by Gasteiger charge is -2.29. The summed E-state index contributed by atoms with van der Waals surface area (Å²) in [6, 6.07) is 6.23. The van der Waals surface area contributed by atoms with Crippen molar-refractivity contribution in [1.29, 1.82) is 0 Å². The van der Waals surface area contributed by atoms with E-state index >= 15 is 0 Å². The number of rotatable bonds is 4. The second-order valence-electron chi connectivity index (χ2n) is 5.69. The van der Waals surface area contributed by atoms with Gasteiger partial charge >= 0.3 is 0 Å². The molecule has 0 unspecified atom stereocenters. The highest BCUT2D eigenvalue weighted by Crippen LogP contribution is 2.24. The molecule has 1 aliphatic heterocycles. The van der Waals surface area contributed by atoms with Crippen LogP contribution in [0.1, 0.15) is 12.8 Å². The standard InChI is InChI=1S/C14H20N2O5S2/c1-22(18,19)13-6-4-3-5-12(13)15-14(17)11-7-9-16(10-8-11)23(2,20)21/h3-6,11H,7-10H2,1-2H3,(H,15,17). The third-order valence-electron chi connectivity index (χ3n) is 3.84. The Bertz CT molecular complexity index is 794. The fourth-order valence-electron chi connectivity index (χ4n) is 2.58. The van der Waals surface area contributed by atoms with Gasteiger partial charge in [-0.3, -0.25) is 4.79 Å². The lowest BCUT2D eigenvalue weighted by atomic mass is 9.97. The summed E-state index contributed by atoms with van der Waals surface area (Å²) in [6.07, 6.45) is 3.07. The summed E-state index contributed by atoms with van der Waals surface area (Å²) in [5.74, 6) is -0.616. The Hall–Kier alpha value is -1.45. The molecule has 0 saturated carbocycles. The largest absolute Gasteiger partial charge is 0.325 e. The summed E-state index contributed by atoms with van der Waals surface area (Å²) in [4.78, 5) is 12.4. The first-order valence-electron chi connectivity index (χ1n) is 7.14. The van der Waals surface area contributed by atoms with Gasteiger partial charge in [-0.1, -0.05) is 12.1 Å². The number of amides is 1. The molecule has 7 nitrogen and oxygen atoms in total. The van der Waals surface area contributed by atoms with E-state index in [9.17, 15) is 21.6 Å². The molecule has 0 bridgehead atoms. The number of nitrogens with one attached hydrogen (secondary N) is 1. The van der Waals surface area contributed by atoms with Crippen LogP contribution >= 0.6 is 0 Å². The van der Waals surface area contributed by atoms with E-state index in [2.05, 4.69) is 5.32 Å². The van der Waals surface area contributed by atoms with E-state index in [1.54, 1.807) is 18.2 Å². The van der Waals surface area contributed by atoms with Crippen LogP contribution in [-0.2, 0) is 24.7 Å². The minimum Gasteiger partial charge on any atom is -0.325 e. The average molecular weight is 360 g/mol. The van der Waals surface area contributed by atoms with Gasteiger partial charge in [-0.05, 0) is 25.0 Å². The Morgan fingerprint density at radius 1 is 1.09 bits per heavy atom. The molecule has 1 N–H and O–H groups in total. The third kappa shape index (κ3) is 4.52. The molecule has 0 aliphatic carbocycles. The van der Waals surface area contributed by atoms with E-state index in [4.69, 9.17) is 0 Å². The van der Waals surface area contributed by atoms with Crippen molar-refractivity contribution < 1.29 is 21.6 Å². The third-order valence-corrected chi connectivity index (χ3v) is 6.30. The maximum Gasteiger partial charge on any atom is 0.227 e. The molecule has 1 saturated heterocycles. The molecule has 0 radical (unpaired) electrons. The lowest BCUT2D eigenvalue weighted by Crippen LogP contribution is -2.41. The van der Waals surface area contributed by atoms with E-state index in [1.807, 2.05) is 0 Å². The molecule has 0 spiro atoms. The fraction of sp³-hybridized carbons (Fsp3) is 0.500. The number of hydrogen-bond donors (Lipinski definition) is 1. The van der Waals surface area contributed by atoms with Crippen LogP contribution < -0.4 is 5.32 Å². The van der Waals surface area contributed by atoms with Gasteiger partial charge in [-0.25, -0.2) is 21.1 Å². The quantitative estimate of drug-likeness (QED) is 0.852. The van der Waals surface area contributed by atoms with Gasteiger partial charge in [0.15, 0.2) is 9.84 Å². The van der Waals surface area contributed by atoms with Gasteiger partial charge in [0.2, 0.25) is 15.9 Å². The van der Waals surface area contributed by atoms with Gasteiger partial charge in [0.05, 0.1) is 16.8 Å².